The van der Waals surface area contributed by atoms with E-state index in [1.54, 1.807) is 0 Å². The zero-order chi connectivity index (χ0) is 10.9. The van der Waals surface area contributed by atoms with E-state index in [-0.39, 0.29) is 11.0 Å². The van der Waals surface area contributed by atoms with Crippen LogP contribution in [0.1, 0.15) is 26.3 Å². The van der Waals surface area contributed by atoms with E-state index in [0.717, 1.165) is 4.68 Å². The summed E-state index contributed by atoms with van der Waals surface area (Å²) in [5.74, 6) is 5.34. The van der Waals surface area contributed by atoms with Gasteiger partial charge in [-0.1, -0.05) is 20.8 Å². The normalized spacial score (nSPS) is 11.6. The number of aromatic amines is 1. The number of hydrogen-bond donors (Lipinski definition) is 2. The molecule has 1 heterocycles. The molecule has 3 N–H and O–H groups in total. The first-order chi connectivity index (χ1) is 6.29. The summed E-state index contributed by atoms with van der Waals surface area (Å²) in [7, 11) is 0. The smallest absolute Gasteiger partial charge is 0.335 e. The summed E-state index contributed by atoms with van der Waals surface area (Å²) in [6, 6.07) is 0. The Balaban J connectivity index is 3.18. The molecular formula is C9H15N3O2. The van der Waals surface area contributed by atoms with Gasteiger partial charge in [0.05, 0.1) is 0 Å². The van der Waals surface area contributed by atoms with Gasteiger partial charge in [-0.2, -0.15) is 0 Å². The molecule has 1 aromatic rings. The van der Waals surface area contributed by atoms with Crippen molar-refractivity contribution >= 4 is 0 Å². The quantitative estimate of drug-likeness (QED) is 0.614. The first-order valence-corrected chi connectivity index (χ1v) is 4.39. The molecule has 1 rings (SSSR count). The molecule has 0 aromatic carbocycles. The molecule has 0 spiro atoms. The molecule has 0 radical (unpaired) electrons. The van der Waals surface area contributed by atoms with Crippen LogP contribution in [0.15, 0.2) is 15.8 Å². The lowest BCUT2D eigenvalue weighted by atomic mass is 9.89. The molecule has 0 aliphatic rings. The molecule has 0 fully saturated rings. The summed E-state index contributed by atoms with van der Waals surface area (Å²) in [5.41, 5.74) is -0.427. The summed E-state index contributed by atoms with van der Waals surface area (Å²) in [6.45, 7) is 6.04. The van der Waals surface area contributed by atoms with E-state index in [4.69, 9.17) is 5.84 Å². The van der Waals surface area contributed by atoms with E-state index >= 15 is 0 Å². The number of aromatic nitrogens is 2. The summed E-state index contributed by atoms with van der Waals surface area (Å²) < 4.78 is 0.891. The lowest BCUT2D eigenvalue weighted by Gasteiger charge is -2.17. The molecule has 5 nitrogen and oxygen atoms in total. The maximum Gasteiger partial charge on any atom is 0.346 e. The van der Waals surface area contributed by atoms with Crippen LogP contribution < -0.4 is 17.1 Å². The highest BCUT2D eigenvalue weighted by Crippen LogP contribution is 2.17. The van der Waals surface area contributed by atoms with Gasteiger partial charge in [0.1, 0.15) is 0 Å². The fourth-order valence-electron chi connectivity index (χ4n) is 1.22. The molecule has 0 bridgehead atoms. The predicted molar refractivity (Wildman–Crippen MR) is 54.6 cm³/mol. The monoisotopic (exact) mass is 197 g/mol. The number of nitrogens with one attached hydrogen (secondary N) is 1. The van der Waals surface area contributed by atoms with Crippen LogP contribution in [0.3, 0.4) is 0 Å². The number of nitrogens with two attached hydrogens (primary N) is 1. The molecule has 0 saturated carbocycles. The van der Waals surface area contributed by atoms with E-state index in [0.29, 0.717) is 12.0 Å². The van der Waals surface area contributed by atoms with Crippen LogP contribution in [0, 0.1) is 5.41 Å². The molecule has 5 heteroatoms. The number of hydrogen-bond acceptors (Lipinski definition) is 3. The van der Waals surface area contributed by atoms with Crippen LogP contribution in [0.4, 0.5) is 0 Å². The van der Waals surface area contributed by atoms with Crippen molar-refractivity contribution in [3.8, 4) is 0 Å². The second-order valence-corrected chi connectivity index (χ2v) is 4.56. The molecular weight excluding hydrogens is 182 g/mol. The van der Waals surface area contributed by atoms with Crippen molar-refractivity contribution in [3.63, 3.8) is 0 Å². The maximum absolute atomic E-state index is 11.3. The lowest BCUT2D eigenvalue weighted by Crippen LogP contribution is -2.36. The van der Waals surface area contributed by atoms with Crippen molar-refractivity contribution in [2.24, 2.45) is 5.41 Å². The Morgan fingerprint density at radius 3 is 2.50 bits per heavy atom. The number of nitrogen functional groups attached to an aromatic ring is 1. The summed E-state index contributed by atoms with van der Waals surface area (Å²) in [5, 5.41) is 0. The first-order valence-electron chi connectivity index (χ1n) is 4.39. The second-order valence-electron chi connectivity index (χ2n) is 4.56. The van der Waals surface area contributed by atoms with E-state index in [1.807, 2.05) is 20.8 Å². The van der Waals surface area contributed by atoms with Gasteiger partial charge in [-0.05, 0) is 11.8 Å². The number of rotatable bonds is 1. The summed E-state index contributed by atoms with van der Waals surface area (Å²) in [4.78, 5) is 24.4. The van der Waals surface area contributed by atoms with Crippen LogP contribution >= 0.6 is 0 Å². The van der Waals surface area contributed by atoms with Gasteiger partial charge in [0.2, 0.25) is 0 Å². The highest BCUT2D eigenvalue weighted by atomic mass is 16.2. The minimum absolute atomic E-state index is 0.00952. The van der Waals surface area contributed by atoms with Gasteiger partial charge in [0, 0.05) is 11.8 Å². The Morgan fingerprint density at radius 2 is 2.00 bits per heavy atom. The van der Waals surface area contributed by atoms with Gasteiger partial charge in [-0.25, -0.2) is 9.47 Å². The third-order valence-electron chi connectivity index (χ3n) is 1.76. The highest BCUT2D eigenvalue weighted by Gasteiger charge is 2.14. The van der Waals surface area contributed by atoms with Crippen LogP contribution in [-0.4, -0.2) is 9.66 Å². The molecule has 0 amide bonds. The first kappa shape index (κ1) is 10.6. The second kappa shape index (κ2) is 3.32. The third kappa shape index (κ3) is 2.48. The zero-order valence-electron chi connectivity index (χ0n) is 8.63. The average Bonchev–Trinajstić information content (AvgIpc) is 1.97. The topological polar surface area (TPSA) is 80.9 Å². The van der Waals surface area contributed by atoms with E-state index < -0.39 is 5.69 Å². The lowest BCUT2D eigenvalue weighted by molar-refractivity contribution is 0.407. The van der Waals surface area contributed by atoms with Crippen molar-refractivity contribution in [2.45, 2.75) is 27.2 Å². The third-order valence-corrected chi connectivity index (χ3v) is 1.76. The van der Waals surface area contributed by atoms with Gasteiger partial charge in [-0.15, -0.1) is 0 Å². The molecule has 1 aromatic heterocycles. The van der Waals surface area contributed by atoms with Gasteiger partial charge in [0.25, 0.3) is 5.56 Å². The standard InChI is InChI=1S/C9H15N3O2/c1-9(2,3)4-6-5-12(10)8(14)11-7(6)13/h5H,4,10H2,1-3H3,(H,11,13,14). The molecule has 0 unspecified atom stereocenters. The van der Waals surface area contributed by atoms with E-state index in [9.17, 15) is 9.59 Å². The minimum Gasteiger partial charge on any atom is -0.335 e. The SMILES string of the molecule is CC(C)(C)Cc1cn(N)c(=O)[nH]c1=O. The Labute approximate surface area is 81.5 Å². The van der Waals surface area contributed by atoms with Crippen molar-refractivity contribution in [1.82, 2.24) is 9.66 Å². The van der Waals surface area contributed by atoms with Crippen molar-refractivity contribution in [3.05, 3.63) is 32.6 Å². The Kier molecular flexibility index (Phi) is 2.51. The van der Waals surface area contributed by atoms with Gasteiger partial charge < -0.3 is 5.84 Å². The fraction of sp³-hybridized carbons (Fsp3) is 0.556. The van der Waals surface area contributed by atoms with Gasteiger partial charge >= 0.3 is 5.69 Å². The predicted octanol–water partition coefficient (Wildman–Crippen LogP) is -0.161. The summed E-state index contributed by atoms with van der Waals surface area (Å²) >= 11 is 0. The largest absolute Gasteiger partial charge is 0.346 e. The highest BCUT2D eigenvalue weighted by molar-refractivity contribution is 5.06. The van der Waals surface area contributed by atoms with Crippen molar-refractivity contribution in [1.29, 1.82) is 0 Å². The van der Waals surface area contributed by atoms with Crippen molar-refractivity contribution in [2.75, 3.05) is 5.84 Å². The zero-order valence-corrected chi connectivity index (χ0v) is 8.63. The van der Waals surface area contributed by atoms with Crippen LogP contribution in [0.2, 0.25) is 0 Å². The van der Waals surface area contributed by atoms with Gasteiger partial charge in [0.15, 0.2) is 0 Å². The Bertz CT molecular complexity index is 437. The van der Waals surface area contributed by atoms with Gasteiger partial charge in [-0.3, -0.25) is 9.78 Å². The number of nitrogens with zero attached hydrogens (tertiary/aromatic N) is 1. The average molecular weight is 197 g/mol. The van der Waals surface area contributed by atoms with E-state index in [2.05, 4.69) is 4.98 Å². The fourth-order valence-corrected chi connectivity index (χ4v) is 1.22. The molecule has 0 aliphatic heterocycles. The van der Waals surface area contributed by atoms with Crippen LogP contribution in [0.25, 0.3) is 0 Å². The minimum atomic E-state index is -0.590. The molecule has 0 atom stereocenters. The molecule has 78 valence electrons. The number of H-pyrrole nitrogens is 1. The summed E-state index contributed by atoms with van der Waals surface area (Å²) in [6.07, 6.45) is 1.96. The Morgan fingerprint density at radius 1 is 1.43 bits per heavy atom. The van der Waals surface area contributed by atoms with Crippen LogP contribution in [-0.2, 0) is 6.42 Å². The molecule has 0 saturated heterocycles. The Hall–Kier alpha value is -1.52. The van der Waals surface area contributed by atoms with Crippen molar-refractivity contribution < 1.29 is 0 Å². The van der Waals surface area contributed by atoms with Crippen LogP contribution in [0.5, 0.6) is 0 Å². The molecule has 0 aliphatic carbocycles. The van der Waals surface area contributed by atoms with E-state index in [1.165, 1.54) is 6.20 Å². The molecule has 14 heavy (non-hydrogen) atoms. The maximum atomic E-state index is 11.3.